The molecule has 0 bridgehead atoms. The van der Waals surface area contributed by atoms with E-state index in [9.17, 15) is 4.79 Å². The van der Waals surface area contributed by atoms with Crippen molar-refractivity contribution in [1.29, 1.82) is 0 Å². The molecule has 2 heteroatoms. The van der Waals surface area contributed by atoms with Gasteiger partial charge in [0.2, 0.25) is 5.91 Å². The van der Waals surface area contributed by atoms with Crippen LogP contribution in [0.4, 0.5) is 5.69 Å². The van der Waals surface area contributed by atoms with Crippen molar-refractivity contribution in [3.63, 3.8) is 0 Å². The van der Waals surface area contributed by atoms with Crippen LogP contribution in [0.5, 0.6) is 0 Å². The number of carbonyl (C=O) groups is 1. The largest absolute Gasteiger partial charge is 0.315 e. The van der Waals surface area contributed by atoms with Crippen LogP contribution in [0.2, 0.25) is 0 Å². The van der Waals surface area contributed by atoms with Crippen LogP contribution in [-0.4, -0.2) is 13.0 Å². The molecule has 2 nitrogen and oxygen atoms in total. The molecule has 1 atom stereocenters. The van der Waals surface area contributed by atoms with Crippen molar-refractivity contribution in [3.05, 3.63) is 77.9 Å². The zero-order chi connectivity index (χ0) is 15.1. The van der Waals surface area contributed by atoms with Gasteiger partial charge in [0.05, 0.1) is 5.92 Å². The Morgan fingerprint density at radius 3 is 2.50 bits per heavy atom. The molecule has 1 heterocycles. The van der Waals surface area contributed by atoms with Crippen LogP contribution >= 0.6 is 0 Å². The summed E-state index contributed by atoms with van der Waals surface area (Å²) in [7, 11) is 1.86. The number of nitrogens with zero attached hydrogens (tertiary/aromatic N) is 1. The van der Waals surface area contributed by atoms with Crippen LogP contribution in [0.1, 0.15) is 17.0 Å². The topological polar surface area (TPSA) is 20.3 Å². The van der Waals surface area contributed by atoms with Crippen molar-refractivity contribution >= 4 is 22.4 Å². The number of likely N-dealkylation sites (N-methyl/N-ethyl adjacent to an activating group) is 1. The van der Waals surface area contributed by atoms with Crippen LogP contribution in [0.3, 0.4) is 0 Å². The quantitative estimate of drug-likeness (QED) is 0.693. The zero-order valence-electron chi connectivity index (χ0n) is 12.5. The molecule has 4 rings (SSSR count). The molecular weight excluding hydrogens is 270 g/mol. The molecule has 0 aromatic heterocycles. The van der Waals surface area contributed by atoms with E-state index in [0.29, 0.717) is 0 Å². The van der Waals surface area contributed by atoms with E-state index >= 15 is 0 Å². The van der Waals surface area contributed by atoms with E-state index in [1.165, 1.54) is 16.3 Å². The average molecular weight is 287 g/mol. The maximum Gasteiger partial charge on any atom is 0.234 e. The summed E-state index contributed by atoms with van der Waals surface area (Å²) in [6, 6.07) is 22.9. The molecule has 0 saturated carbocycles. The molecule has 0 saturated heterocycles. The van der Waals surface area contributed by atoms with Gasteiger partial charge in [0.25, 0.3) is 0 Å². The second-order valence-electron chi connectivity index (χ2n) is 5.89. The van der Waals surface area contributed by atoms with E-state index in [1.54, 1.807) is 4.90 Å². The van der Waals surface area contributed by atoms with Crippen LogP contribution in [0.25, 0.3) is 10.8 Å². The average Bonchev–Trinajstić information content (AvgIpc) is 2.80. The number of benzene rings is 3. The summed E-state index contributed by atoms with van der Waals surface area (Å²) < 4.78 is 0. The molecule has 1 amide bonds. The number of amides is 1. The summed E-state index contributed by atoms with van der Waals surface area (Å²) in [5.74, 6) is 0.122. The first-order chi connectivity index (χ1) is 10.7. The highest BCUT2D eigenvalue weighted by molar-refractivity contribution is 6.04. The van der Waals surface area contributed by atoms with E-state index in [-0.39, 0.29) is 11.8 Å². The van der Waals surface area contributed by atoms with Crippen molar-refractivity contribution in [1.82, 2.24) is 0 Å². The van der Waals surface area contributed by atoms with Crippen LogP contribution < -0.4 is 4.90 Å². The number of fused-ring (bicyclic) bond motifs is 2. The van der Waals surface area contributed by atoms with Gasteiger partial charge in [-0.2, -0.15) is 0 Å². The third kappa shape index (κ3) is 2.00. The Kier molecular flexibility index (Phi) is 2.97. The van der Waals surface area contributed by atoms with E-state index in [1.807, 2.05) is 31.3 Å². The first kappa shape index (κ1) is 13.1. The summed E-state index contributed by atoms with van der Waals surface area (Å²) in [5.41, 5.74) is 3.39. The number of anilines is 1. The third-order valence-electron chi connectivity index (χ3n) is 4.56. The summed E-state index contributed by atoms with van der Waals surface area (Å²) in [5, 5.41) is 2.47. The Bertz CT molecular complexity index is 868. The summed E-state index contributed by atoms with van der Waals surface area (Å²) in [6.45, 7) is 0. The normalized spacial score (nSPS) is 17.0. The monoisotopic (exact) mass is 287 g/mol. The molecule has 108 valence electrons. The summed E-state index contributed by atoms with van der Waals surface area (Å²) in [4.78, 5) is 14.3. The first-order valence-electron chi connectivity index (χ1n) is 7.58. The lowest BCUT2D eigenvalue weighted by Crippen LogP contribution is -2.24. The molecular formula is C20H17NO. The van der Waals surface area contributed by atoms with Gasteiger partial charge in [-0.25, -0.2) is 0 Å². The second-order valence-corrected chi connectivity index (χ2v) is 5.89. The van der Waals surface area contributed by atoms with E-state index in [4.69, 9.17) is 0 Å². The molecule has 0 aliphatic carbocycles. The minimum Gasteiger partial charge on any atom is -0.315 e. The molecule has 0 radical (unpaired) electrons. The van der Waals surface area contributed by atoms with Gasteiger partial charge in [0.1, 0.15) is 0 Å². The number of para-hydroxylation sites is 1. The Balaban J connectivity index is 1.72. The standard InChI is InChI=1S/C20H17NO/c1-21-19-9-5-4-8-17(19)18(20(21)22)13-14-10-11-15-6-2-3-7-16(15)12-14/h2-12,18H,13H2,1H3. The van der Waals surface area contributed by atoms with Gasteiger partial charge >= 0.3 is 0 Å². The highest BCUT2D eigenvalue weighted by atomic mass is 16.2. The molecule has 0 spiro atoms. The lowest BCUT2D eigenvalue weighted by molar-refractivity contribution is -0.119. The Morgan fingerprint density at radius 1 is 0.909 bits per heavy atom. The van der Waals surface area contributed by atoms with E-state index < -0.39 is 0 Å². The summed E-state index contributed by atoms with van der Waals surface area (Å²) in [6.07, 6.45) is 0.755. The van der Waals surface area contributed by atoms with Gasteiger partial charge in [0.15, 0.2) is 0 Å². The maximum atomic E-state index is 12.6. The van der Waals surface area contributed by atoms with Crippen molar-refractivity contribution in [2.24, 2.45) is 0 Å². The predicted octanol–water partition coefficient (Wildman–Crippen LogP) is 4.14. The van der Waals surface area contributed by atoms with Crippen molar-refractivity contribution in [2.75, 3.05) is 11.9 Å². The Morgan fingerprint density at radius 2 is 1.64 bits per heavy atom. The van der Waals surface area contributed by atoms with Crippen molar-refractivity contribution < 1.29 is 4.79 Å². The van der Waals surface area contributed by atoms with Gasteiger partial charge < -0.3 is 4.90 Å². The maximum absolute atomic E-state index is 12.6. The second kappa shape index (κ2) is 4.99. The number of carbonyl (C=O) groups excluding carboxylic acids is 1. The molecule has 1 aliphatic heterocycles. The minimum atomic E-state index is -0.0673. The molecule has 0 fully saturated rings. The fourth-order valence-electron chi connectivity index (χ4n) is 3.37. The van der Waals surface area contributed by atoms with Gasteiger partial charge in [-0.1, -0.05) is 60.7 Å². The lowest BCUT2D eigenvalue weighted by Gasteiger charge is -2.12. The van der Waals surface area contributed by atoms with Gasteiger partial charge in [-0.05, 0) is 34.4 Å². The molecule has 22 heavy (non-hydrogen) atoms. The van der Waals surface area contributed by atoms with E-state index in [2.05, 4.69) is 42.5 Å². The Labute approximate surface area is 130 Å². The van der Waals surface area contributed by atoms with Gasteiger partial charge in [-0.3, -0.25) is 4.79 Å². The molecule has 1 aliphatic rings. The van der Waals surface area contributed by atoms with Crippen molar-refractivity contribution in [2.45, 2.75) is 12.3 Å². The summed E-state index contributed by atoms with van der Waals surface area (Å²) >= 11 is 0. The number of hydrogen-bond acceptors (Lipinski definition) is 1. The molecule has 3 aromatic rings. The Hall–Kier alpha value is -2.61. The van der Waals surface area contributed by atoms with Crippen molar-refractivity contribution in [3.8, 4) is 0 Å². The third-order valence-corrected chi connectivity index (χ3v) is 4.56. The van der Waals surface area contributed by atoms with E-state index in [0.717, 1.165) is 17.7 Å². The van der Waals surface area contributed by atoms with Gasteiger partial charge in [-0.15, -0.1) is 0 Å². The first-order valence-corrected chi connectivity index (χ1v) is 7.58. The highest BCUT2D eigenvalue weighted by Crippen LogP contribution is 2.38. The molecule has 1 unspecified atom stereocenters. The number of rotatable bonds is 2. The SMILES string of the molecule is CN1C(=O)C(Cc2ccc3ccccc3c2)c2ccccc21. The minimum absolute atomic E-state index is 0.0673. The molecule has 3 aromatic carbocycles. The lowest BCUT2D eigenvalue weighted by atomic mass is 9.92. The van der Waals surface area contributed by atoms with Crippen LogP contribution in [0.15, 0.2) is 66.7 Å². The zero-order valence-corrected chi connectivity index (χ0v) is 12.5. The fourth-order valence-corrected chi connectivity index (χ4v) is 3.37. The van der Waals surface area contributed by atoms with Crippen LogP contribution in [0, 0.1) is 0 Å². The predicted molar refractivity (Wildman–Crippen MR) is 90.2 cm³/mol. The highest BCUT2D eigenvalue weighted by Gasteiger charge is 2.34. The number of hydrogen-bond donors (Lipinski definition) is 0. The van der Waals surface area contributed by atoms with Gasteiger partial charge in [0, 0.05) is 12.7 Å². The smallest absolute Gasteiger partial charge is 0.234 e. The van der Waals surface area contributed by atoms with Crippen LogP contribution in [-0.2, 0) is 11.2 Å². The fraction of sp³-hybridized carbons (Fsp3) is 0.150. The molecule has 0 N–H and O–H groups in total.